The smallest absolute Gasteiger partial charge is 0.251 e. The van der Waals surface area contributed by atoms with E-state index in [-0.39, 0.29) is 18.6 Å². The van der Waals surface area contributed by atoms with Crippen LogP contribution in [0.25, 0.3) is 0 Å². The highest BCUT2D eigenvalue weighted by atomic mass is 35.5. The number of anilines is 1. The second-order valence-electron chi connectivity index (χ2n) is 8.01. The van der Waals surface area contributed by atoms with E-state index in [9.17, 15) is 13.2 Å². The van der Waals surface area contributed by atoms with E-state index in [1.807, 2.05) is 38.1 Å². The lowest BCUT2D eigenvalue weighted by Crippen LogP contribution is -2.29. The summed E-state index contributed by atoms with van der Waals surface area (Å²) in [7, 11) is -3.64. The number of hydrogen-bond acceptors (Lipinski definition) is 4. The predicted molar refractivity (Wildman–Crippen MR) is 137 cm³/mol. The van der Waals surface area contributed by atoms with Gasteiger partial charge in [-0.1, -0.05) is 41.4 Å². The third kappa shape index (κ3) is 6.88. The lowest BCUT2D eigenvalue weighted by atomic mass is 10.1. The van der Waals surface area contributed by atoms with Gasteiger partial charge in [-0.25, -0.2) is 8.42 Å². The van der Waals surface area contributed by atoms with Gasteiger partial charge in [-0.05, 0) is 67.9 Å². The fraction of sp³-hybridized carbons (Fsp3) is 0.240. The quantitative estimate of drug-likeness (QED) is 0.393. The Morgan fingerprint density at radius 2 is 1.62 bits per heavy atom. The van der Waals surface area contributed by atoms with E-state index >= 15 is 0 Å². The van der Waals surface area contributed by atoms with E-state index in [2.05, 4.69) is 5.32 Å². The zero-order valence-corrected chi connectivity index (χ0v) is 21.4. The van der Waals surface area contributed by atoms with Crippen LogP contribution in [0.5, 0.6) is 5.75 Å². The molecular weight excluding hydrogens is 495 g/mol. The average Bonchev–Trinajstić information content (AvgIpc) is 2.76. The molecule has 1 N–H and O–H groups in total. The second-order valence-corrected chi connectivity index (χ2v) is 10.7. The molecule has 180 valence electrons. The first-order chi connectivity index (χ1) is 16.0. The van der Waals surface area contributed by atoms with Crippen molar-refractivity contribution in [3.05, 3.63) is 93.5 Å². The molecule has 0 aliphatic rings. The molecule has 0 aromatic heterocycles. The number of nitrogens with zero attached hydrogens (tertiary/aromatic N) is 1. The van der Waals surface area contributed by atoms with E-state index < -0.39 is 10.0 Å². The summed E-state index contributed by atoms with van der Waals surface area (Å²) in [5.41, 5.74) is 2.21. The summed E-state index contributed by atoms with van der Waals surface area (Å²) in [6.07, 6.45) is 1.17. The number of carbonyl (C=O) groups excluding carboxylic acids is 1. The molecule has 6 nitrogen and oxygen atoms in total. The molecule has 0 aliphatic carbocycles. The maximum Gasteiger partial charge on any atom is 0.251 e. The highest BCUT2D eigenvalue weighted by Gasteiger charge is 2.21. The number of sulfonamides is 1. The van der Waals surface area contributed by atoms with Gasteiger partial charge in [0.2, 0.25) is 10.0 Å². The molecule has 3 aromatic rings. The van der Waals surface area contributed by atoms with Gasteiger partial charge in [-0.15, -0.1) is 0 Å². The van der Waals surface area contributed by atoms with Crippen LogP contribution in [-0.4, -0.2) is 26.7 Å². The van der Waals surface area contributed by atoms with Gasteiger partial charge < -0.3 is 10.1 Å². The van der Waals surface area contributed by atoms with Gasteiger partial charge in [-0.2, -0.15) is 0 Å². The van der Waals surface area contributed by atoms with Crippen molar-refractivity contribution >= 4 is 44.8 Å². The summed E-state index contributed by atoms with van der Waals surface area (Å²) < 4.78 is 31.8. The summed E-state index contributed by atoms with van der Waals surface area (Å²) >= 11 is 12.5. The SMILES string of the molecule is CC(C)Oc1cccc(CNC(=O)c2ccc(N(Cc3c(Cl)cccc3Cl)S(C)(=O)=O)cc2)c1. The number of benzene rings is 3. The molecule has 0 unspecified atom stereocenters. The predicted octanol–water partition coefficient (Wildman–Crippen LogP) is 5.68. The fourth-order valence-electron chi connectivity index (χ4n) is 3.29. The molecule has 0 atom stereocenters. The zero-order valence-electron chi connectivity index (χ0n) is 19.1. The van der Waals surface area contributed by atoms with Crippen molar-refractivity contribution in [2.45, 2.75) is 33.0 Å². The lowest BCUT2D eigenvalue weighted by molar-refractivity contribution is 0.0951. The Balaban J connectivity index is 1.73. The van der Waals surface area contributed by atoms with E-state index in [0.29, 0.717) is 33.4 Å². The van der Waals surface area contributed by atoms with Crippen LogP contribution < -0.4 is 14.4 Å². The number of ether oxygens (including phenoxy) is 1. The first-order valence-corrected chi connectivity index (χ1v) is 13.2. The molecule has 0 heterocycles. The highest BCUT2D eigenvalue weighted by molar-refractivity contribution is 7.92. The van der Waals surface area contributed by atoms with E-state index in [4.69, 9.17) is 27.9 Å². The lowest BCUT2D eigenvalue weighted by Gasteiger charge is -2.23. The Morgan fingerprint density at radius 3 is 2.21 bits per heavy atom. The van der Waals surface area contributed by atoms with Crippen molar-refractivity contribution in [2.24, 2.45) is 0 Å². The molecule has 0 fully saturated rings. The molecule has 3 rings (SSSR count). The van der Waals surface area contributed by atoms with E-state index in [1.165, 1.54) is 4.31 Å². The topological polar surface area (TPSA) is 75.7 Å². The minimum atomic E-state index is -3.64. The Kier molecular flexibility index (Phi) is 8.47. The third-order valence-corrected chi connectivity index (χ3v) is 6.75. The molecule has 0 spiro atoms. The van der Waals surface area contributed by atoms with Gasteiger partial charge in [-0.3, -0.25) is 9.10 Å². The first kappa shape index (κ1) is 25.9. The molecule has 1 amide bonds. The third-order valence-electron chi connectivity index (χ3n) is 4.90. The molecule has 0 saturated carbocycles. The van der Waals surface area contributed by atoms with Crippen LogP contribution in [0.1, 0.15) is 35.3 Å². The molecule has 0 aliphatic heterocycles. The molecule has 0 bridgehead atoms. The Hall–Kier alpha value is -2.74. The number of nitrogens with one attached hydrogen (secondary N) is 1. The van der Waals surface area contributed by atoms with Crippen LogP contribution >= 0.6 is 23.2 Å². The van der Waals surface area contributed by atoms with Gasteiger partial charge in [0, 0.05) is 27.7 Å². The summed E-state index contributed by atoms with van der Waals surface area (Å²) in [5.74, 6) is 0.465. The van der Waals surface area contributed by atoms with Crippen molar-refractivity contribution in [3.8, 4) is 5.75 Å². The Morgan fingerprint density at radius 1 is 1.00 bits per heavy atom. The molecule has 34 heavy (non-hydrogen) atoms. The summed E-state index contributed by atoms with van der Waals surface area (Å²) in [5, 5.41) is 3.62. The second kappa shape index (κ2) is 11.1. The summed E-state index contributed by atoms with van der Waals surface area (Å²) in [4.78, 5) is 12.6. The summed E-state index contributed by atoms with van der Waals surface area (Å²) in [6.45, 7) is 4.20. The van der Waals surface area contributed by atoms with Gasteiger partial charge in [0.15, 0.2) is 0 Å². The van der Waals surface area contributed by atoms with Gasteiger partial charge in [0.05, 0.1) is 24.6 Å². The van der Waals surface area contributed by atoms with Crippen LogP contribution in [0.3, 0.4) is 0 Å². The van der Waals surface area contributed by atoms with Crippen molar-refractivity contribution in [1.82, 2.24) is 5.32 Å². The minimum absolute atomic E-state index is 0.0301. The van der Waals surface area contributed by atoms with Crippen LogP contribution in [0.4, 0.5) is 5.69 Å². The average molecular weight is 521 g/mol. The molecule has 0 radical (unpaired) electrons. The number of carbonyl (C=O) groups is 1. The number of halogens is 2. The first-order valence-electron chi connectivity index (χ1n) is 10.6. The van der Waals surface area contributed by atoms with Gasteiger partial charge in [0.1, 0.15) is 5.75 Å². The summed E-state index contributed by atoms with van der Waals surface area (Å²) in [6, 6.07) is 18.9. The van der Waals surface area contributed by atoms with Crippen LogP contribution in [0, 0.1) is 0 Å². The van der Waals surface area contributed by atoms with Crippen molar-refractivity contribution < 1.29 is 17.9 Å². The highest BCUT2D eigenvalue weighted by Crippen LogP contribution is 2.29. The van der Waals surface area contributed by atoms with E-state index in [1.54, 1.807) is 42.5 Å². The van der Waals surface area contributed by atoms with Crippen molar-refractivity contribution in [3.63, 3.8) is 0 Å². The Labute approximate surface area is 210 Å². The maximum absolute atomic E-state index is 12.6. The van der Waals surface area contributed by atoms with E-state index in [0.717, 1.165) is 17.6 Å². The normalized spacial score (nSPS) is 11.4. The molecule has 9 heteroatoms. The number of amides is 1. The molecule has 0 saturated heterocycles. The van der Waals surface area contributed by atoms with Crippen molar-refractivity contribution in [1.29, 1.82) is 0 Å². The number of hydrogen-bond donors (Lipinski definition) is 1. The van der Waals surface area contributed by atoms with Gasteiger partial charge in [0.25, 0.3) is 5.91 Å². The maximum atomic E-state index is 12.6. The van der Waals surface area contributed by atoms with Crippen LogP contribution in [0.2, 0.25) is 10.0 Å². The largest absolute Gasteiger partial charge is 0.491 e. The van der Waals surface area contributed by atoms with Gasteiger partial charge >= 0.3 is 0 Å². The zero-order chi connectivity index (χ0) is 24.9. The number of rotatable bonds is 9. The minimum Gasteiger partial charge on any atom is -0.491 e. The van der Waals surface area contributed by atoms with Crippen LogP contribution in [-0.2, 0) is 23.1 Å². The van der Waals surface area contributed by atoms with Crippen LogP contribution in [0.15, 0.2) is 66.7 Å². The fourth-order valence-corrected chi connectivity index (χ4v) is 4.68. The Bertz CT molecular complexity index is 1240. The van der Waals surface area contributed by atoms with Crippen molar-refractivity contribution in [2.75, 3.05) is 10.6 Å². The molecular formula is C25H26Cl2N2O4S. The molecule has 3 aromatic carbocycles. The standard InChI is InChI=1S/C25H26Cl2N2O4S/c1-17(2)33-21-7-4-6-18(14-21)15-28-25(30)19-10-12-20(13-11-19)29(34(3,31)32)16-22-23(26)8-5-9-24(22)27/h4-14,17H,15-16H2,1-3H3,(H,28,30). The monoisotopic (exact) mass is 520 g/mol.